The monoisotopic (exact) mass is 336 g/mol. The van der Waals surface area contributed by atoms with E-state index in [1.807, 2.05) is 0 Å². The van der Waals surface area contributed by atoms with Gasteiger partial charge in [-0.15, -0.1) is 0 Å². The molecule has 0 bridgehead atoms. The lowest BCUT2D eigenvalue weighted by Gasteiger charge is -2.37. The van der Waals surface area contributed by atoms with Gasteiger partial charge in [-0.2, -0.15) is 0 Å². The van der Waals surface area contributed by atoms with E-state index in [0.29, 0.717) is 17.8 Å². The van der Waals surface area contributed by atoms with E-state index in [1.54, 1.807) is 6.07 Å². The third-order valence-electron chi connectivity index (χ3n) is 5.16. The summed E-state index contributed by atoms with van der Waals surface area (Å²) >= 11 is 0. The molecule has 2 fully saturated rings. The summed E-state index contributed by atoms with van der Waals surface area (Å²) in [6.45, 7) is 3.57. The van der Waals surface area contributed by atoms with Gasteiger partial charge in [0.2, 0.25) is 0 Å². The van der Waals surface area contributed by atoms with Crippen LogP contribution in [0.3, 0.4) is 0 Å². The molecule has 0 atom stereocenters. The summed E-state index contributed by atoms with van der Waals surface area (Å²) < 4.78 is 38.3. The molecule has 0 unspecified atom stereocenters. The fourth-order valence-electron chi connectivity index (χ4n) is 3.74. The standard InChI is InChI=1S/C20H26F2O2/c1-2-3-4-14-12-23-20(24-13-14)16-7-5-15(6-8-16)17-9-10-18(21)19(22)11-17/h3-4,9-11,14-16,20H,2,5-8,12-13H2,1H3/t14-,15-,16-,20-. The number of allylic oxidation sites excluding steroid dienone is 1. The van der Waals surface area contributed by atoms with Gasteiger partial charge in [0.1, 0.15) is 0 Å². The molecule has 1 aliphatic heterocycles. The molecule has 1 saturated carbocycles. The lowest BCUT2D eigenvalue weighted by Crippen LogP contribution is -2.37. The fraction of sp³-hybridized carbons (Fsp3) is 0.600. The van der Waals surface area contributed by atoms with Crippen molar-refractivity contribution in [1.29, 1.82) is 0 Å². The van der Waals surface area contributed by atoms with E-state index in [4.69, 9.17) is 9.47 Å². The van der Waals surface area contributed by atoms with E-state index in [0.717, 1.165) is 50.9 Å². The topological polar surface area (TPSA) is 18.5 Å². The maximum atomic E-state index is 13.4. The van der Waals surface area contributed by atoms with Crippen LogP contribution in [0.25, 0.3) is 0 Å². The Balaban J connectivity index is 1.49. The van der Waals surface area contributed by atoms with Crippen LogP contribution in [0.15, 0.2) is 30.4 Å². The molecule has 0 aromatic heterocycles. The Morgan fingerprint density at radius 3 is 2.38 bits per heavy atom. The van der Waals surface area contributed by atoms with Crippen molar-refractivity contribution in [3.63, 3.8) is 0 Å². The highest BCUT2D eigenvalue weighted by atomic mass is 19.2. The number of benzene rings is 1. The van der Waals surface area contributed by atoms with Crippen LogP contribution in [0.1, 0.15) is 50.5 Å². The Morgan fingerprint density at radius 2 is 1.75 bits per heavy atom. The maximum Gasteiger partial charge on any atom is 0.160 e. The zero-order valence-corrected chi connectivity index (χ0v) is 14.2. The highest BCUT2D eigenvalue weighted by molar-refractivity contribution is 5.22. The number of hydrogen-bond acceptors (Lipinski definition) is 2. The second-order valence-corrected chi connectivity index (χ2v) is 6.92. The van der Waals surface area contributed by atoms with Crippen LogP contribution in [-0.4, -0.2) is 19.5 Å². The van der Waals surface area contributed by atoms with Crippen LogP contribution < -0.4 is 0 Å². The van der Waals surface area contributed by atoms with E-state index in [9.17, 15) is 8.78 Å². The zero-order valence-electron chi connectivity index (χ0n) is 14.2. The minimum absolute atomic E-state index is 0.109. The average Bonchev–Trinajstić information content (AvgIpc) is 2.63. The molecule has 132 valence electrons. The molecule has 24 heavy (non-hydrogen) atoms. The Kier molecular flexibility index (Phi) is 6.01. The fourth-order valence-corrected chi connectivity index (χ4v) is 3.74. The molecule has 0 radical (unpaired) electrons. The van der Waals surface area contributed by atoms with Crippen LogP contribution in [-0.2, 0) is 9.47 Å². The molecule has 4 heteroatoms. The first kappa shape index (κ1) is 17.6. The van der Waals surface area contributed by atoms with Crippen LogP contribution >= 0.6 is 0 Å². The minimum atomic E-state index is -0.775. The Morgan fingerprint density at radius 1 is 1.04 bits per heavy atom. The predicted molar refractivity (Wildman–Crippen MR) is 89.7 cm³/mol. The smallest absolute Gasteiger partial charge is 0.160 e. The van der Waals surface area contributed by atoms with Crippen molar-refractivity contribution < 1.29 is 18.3 Å². The van der Waals surface area contributed by atoms with E-state index in [-0.39, 0.29) is 6.29 Å². The minimum Gasteiger partial charge on any atom is -0.352 e. The van der Waals surface area contributed by atoms with Gasteiger partial charge in [-0.1, -0.05) is 25.1 Å². The van der Waals surface area contributed by atoms with E-state index in [1.165, 1.54) is 12.1 Å². The van der Waals surface area contributed by atoms with Crippen LogP contribution in [0.4, 0.5) is 8.78 Å². The van der Waals surface area contributed by atoms with Gasteiger partial charge in [0.25, 0.3) is 0 Å². The molecular weight excluding hydrogens is 310 g/mol. The lowest BCUT2D eigenvalue weighted by molar-refractivity contribution is -0.222. The summed E-state index contributed by atoms with van der Waals surface area (Å²) in [6, 6.07) is 4.29. The van der Waals surface area contributed by atoms with Crippen molar-refractivity contribution in [1.82, 2.24) is 0 Å². The maximum absolute atomic E-state index is 13.4. The zero-order chi connectivity index (χ0) is 16.9. The van der Waals surface area contributed by atoms with Gasteiger partial charge in [0, 0.05) is 11.8 Å². The number of halogens is 2. The van der Waals surface area contributed by atoms with Crippen LogP contribution in [0.5, 0.6) is 0 Å². The second-order valence-electron chi connectivity index (χ2n) is 6.92. The second kappa shape index (κ2) is 8.21. The van der Waals surface area contributed by atoms with E-state index in [2.05, 4.69) is 19.1 Å². The Labute approximate surface area is 142 Å². The molecular formula is C20H26F2O2. The highest BCUT2D eigenvalue weighted by Crippen LogP contribution is 2.39. The quantitative estimate of drug-likeness (QED) is 0.704. The summed E-state index contributed by atoms with van der Waals surface area (Å²) in [7, 11) is 0. The normalized spacial score (nSPS) is 31.5. The van der Waals surface area contributed by atoms with Crippen molar-refractivity contribution in [2.75, 3.05) is 13.2 Å². The summed E-state index contributed by atoms with van der Waals surface area (Å²) in [5.41, 5.74) is 0.905. The average molecular weight is 336 g/mol. The number of rotatable bonds is 4. The van der Waals surface area contributed by atoms with Crippen molar-refractivity contribution >= 4 is 0 Å². The van der Waals surface area contributed by atoms with Gasteiger partial charge >= 0.3 is 0 Å². The third-order valence-corrected chi connectivity index (χ3v) is 5.16. The van der Waals surface area contributed by atoms with Crippen LogP contribution in [0.2, 0.25) is 0 Å². The molecule has 1 heterocycles. The highest BCUT2D eigenvalue weighted by Gasteiger charge is 2.32. The summed E-state index contributed by atoms with van der Waals surface area (Å²) in [4.78, 5) is 0. The summed E-state index contributed by atoms with van der Waals surface area (Å²) in [6.07, 6.45) is 9.21. The van der Waals surface area contributed by atoms with Crippen molar-refractivity contribution in [3.05, 3.63) is 47.5 Å². The first-order chi connectivity index (χ1) is 11.7. The summed E-state index contributed by atoms with van der Waals surface area (Å²) in [5.74, 6) is -0.453. The van der Waals surface area contributed by atoms with E-state index >= 15 is 0 Å². The largest absolute Gasteiger partial charge is 0.352 e. The SMILES string of the molecule is CCC=C[C@H]1CO[C@H]([C@H]2CC[C@H](c3ccc(F)c(F)c3)CC2)OC1. The predicted octanol–water partition coefficient (Wildman–Crippen LogP) is 5.19. The molecule has 1 saturated heterocycles. The first-order valence-corrected chi connectivity index (χ1v) is 9.02. The first-order valence-electron chi connectivity index (χ1n) is 9.02. The van der Waals surface area contributed by atoms with Crippen molar-refractivity contribution in [2.45, 2.75) is 51.2 Å². The summed E-state index contributed by atoms with van der Waals surface area (Å²) in [5, 5.41) is 0. The molecule has 2 nitrogen and oxygen atoms in total. The third kappa shape index (κ3) is 4.22. The van der Waals surface area contributed by atoms with Gasteiger partial charge in [0.05, 0.1) is 13.2 Å². The molecule has 1 aromatic rings. The molecule has 3 rings (SSSR count). The molecule has 2 aliphatic rings. The van der Waals surface area contributed by atoms with Crippen molar-refractivity contribution in [2.24, 2.45) is 11.8 Å². The van der Waals surface area contributed by atoms with Gasteiger partial charge < -0.3 is 9.47 Å². The van der Waals surface area contributed by atoms with E-state index < -0.39 is 11.6 Å². The molecule has 0 spiro atoms. The van der Waals surface area contributed by atoms with Crippen LogP contribution in [0, 0.1) is 23.5 Å². The Hall–Kier alpha value is -1.26. The molecule has 0 amide bonds. The van der Waals surface area contributed by atoms with Gasteiger partial charge in [-0.05, 0) is 55.7 Å². The number of ether oxygens (including phenoxy) is 2. The number of hydrogen-bond donors (Lipinski definition) is 0. The molecule has 1 aromatic carbocycles. The van der Waals surface area contributed by atoms with Gasteiger partial charge in [-0.25, -0.2) is 8.78 Å². The van der Waals surface area contributed by atoms with Crippen molar-refractivity contribution in [3.8, 4) is 0 Å². The molecule has 1 aliphatic carbocycles. The van der Waals surface area contributed by atoms with Gasteiger partial charge in [-0.3, -0.25) is 0 Å². The lowest BCUT2D eigenvalue weighted by atomic mass is 9.78. The Bertz CT molecular complexity index is 557. The molecule has 0 N–H and O–H groups in total. The van der Waals surface area contributed by atoms with Gasteiger partial charge in [0.15, 0.2) is 17.9 Å².